The van der Waals surface area contributed by atoms with Crippen molar-refractivity contribution in [2.45, 2.75) is 0 Å². The van der Waals surface area contributed by atoms with Gasteiger partial charge in [-0.2, -0.15) is 9.97 Å². The van der Waals surface area contributed by atoms with Crippen molar-refractivity contribution in [3.05, 3.63) is 473 Å². The maximum Gasteiger partial charge on any atom is 0.238 e. The third kappa shape index (κ3) is 12.1. The zero-order valence-electron chi connectivity index (χ0n) is 62.3. The number of para-hydroxylation sites is 1. The fourth-order valence-electron chi connectivity index (χ4n) is 18.4. The highest BCUT2D eigenvalue weighted by molar-refractivity contribution is 7.23. The maximum atomic E-state index is 6.29. The van der Waals surface area contributed by atoms with Crippen LogP contribution in [0.2, 0.25) is 0 Å². The second-order valence-corrected chi connectivity index (χ2v) is 44.5. The van der Waals surface area contributed by atoms with Gasteiger partial charge in [-0.1, -0.05) is 455 Å². The van der Waals surface area contributed by atoms with Gasteiger partial charge in [-0.25, -0.2) is 4.98 Å². The number of hydrogen-bond acceptors (Lipinski definition) is 3. The lowest BCUT2D eigenvalue weighted by Gasteiger charge is -2.38. The fraction of sp³-hybridized carbons (Fsp3) is 0. The van der Waals surface area contributed by atoms with Crippen LogP contribution in [0.3, 0.4) is 0 Å². The Morgan fingerprint density at radius 3 is 0.628 bits per heavy atom. The zero-order chi connectivity index (χ0) is 75.4. The Hall–Kier alpha value is -13.6. The molecule has 19 rings (SSSR count). The highest BCUT2D eigenvalue weighted by Gasteiger charge is 2.49. The summed E-state index contributed by atoms with van der Waals surface area (Å²) in [7, 11) is -13.7. The summed E-state index contributed by atoms with van der Waals surface area (Å²) in [6.45, 7) is 0. The van der Waals surface area contributed by atoms with Crippen LogP contribution in [0.5, 0.6) is 0 Å². The van der Waals surface area contributed by atoms with Gasteiger partial charge < -0.3 is 0 Å². The Balaban J connectivity index is 1.01. The van der Waals surface area contributed by atoms with E-state index in [0.29, 0.717) is 17.6 Å². The molecule has 0 radical (unpaired) electrons. The van der Waals surface area contributed by atoms with E-state index < -0.39 is 32.3 Å². The molecule has 113 heavy (non-hydrogen) atoms. The zero-order valence-corrected chi connectivity index (χ0v) is 66.3. The molecule has 0 aliphatic heterocycles. The molecule has 0 aliphatic carbocycles. The van der Waals surface area contributed by atoms with E-state index in [9.17, 15) is 0 Å². The minimum Gasteiger partial charge on any atom is -0.278 e. The van der Waals surface area contributed by atoms with E-state index in [0.717, 1.165) is 44.1 Å². The Morgan fingerprint density at radius 1 is 0.150 bits per heavy atom. The predicted molar refractivity (Wildman–Crippen MR) is 485 cm³/mol. The molecule has 0 fully saturated rings. The van der Waals surface area contributed by atoms with E-state index in [1.54, 1.807) is 0 Å². The molecule has 0 saturated carbocycles. The molecule has 0 saturated heterocycles. The molecule has 0 unspecified atom stereocenters. The average Bonchev–Trinajstić information content (AvgIpc) is 1.29. The molecule has 0 spiro atoms. The Labute approximate surface area is 664 Å². The lowest BCUT2D eigenvalue weighted by atomic mass is 10.0. The van der Waals surface area contributed by atoms with Crippen molar-refractivity contribution in [3.8, 4) is 39.9 Å². The van der Waals surface area contributed by atoms with Crippen LogP contribution < -0.4 is 83.0 Å². The summed E-state index contributed by atoms with van der Waals surface area (Å²) in [4.78, 5) is 18.6. The van der Waals surface area contributed by atoms with Crippen molar-refractivity contribution in [1.82, 2.24) is 19.5 Å². The molecular weight excluding hydrogens is 1430 g/mol. The molecule has 19 aromatic rings. The third-order valence-corrected chi connectivity index (χ3v) is 42.2. The smallest absolute Gasteiger partial charge is 0.238 e. The first-order chi connectivity index (χ1) is 56.0. The van der Waals surface area contributed by atoms with Crippen LogP contribution in [0.15, 0.2) is 473 Å². The SMILES string of the molecule is c1ccc(-c2ccc3c(c2)c2ccccc2n3-c2nc(-c3cc([Si](c4ccccc4)(c4ccccc4)c4ccccc4)cc([Si](c4ccccc4)(c4ccccc4)c4ccccc4)c3)nc(-c3cc([Si](c4ccccc4)(c4ccccc4)c4ccccc4)cc([Si](c4ccccc4)(c4ccccc4)c4ccccc4)c3)n2)cc1. The first kappa shape index (κ1) is 69.8. The van der Waals surface area contributed by atoms with Crippen LogP contribution in [-0.4, -0.2) is 51.8 Å². The van der Waals surface area contributed by atoms with Gasteiger partial charge in [0.2, 0.25) is 5.95 Å². The van der Waals surface area contributed by atoms with Crippen molar-refractivity contribution >= 4 is 137 Å². The van der Waals surface area contributed by atoms with Gasteiger partial charge in [0, 0.05) is 21.9 Å². The van der Waals surface area contributed by atoms with Crippen molar-refractivity contribution < 1.29 is 0 Å². The van der Waals surface area contributed by atoms with Gasteiger partial charge in [0.25, 0.3) is 0 Å². The molecule has 17 aromatic carbocycles. The van der Waals surface area contributed by atoms with Crippen molar-refractivity contribution in [2.24, 2.45) is 0 Å². The predicted octanol–water partition coefficient (Wildman–Crippen LogP) is 13.5. The van der Waals surface area contributed by atoms with Crippen LogP contribution in [0.4, 0.5) is 0 Å². The van der Waals surface area contributed by atoms with Gasteiger partial charge >= 0.3 is 0 Å². The molecule has 534 valence electrons. The van der Waals surface area contributed by atoms with Crippen molar-refractivity contribution in [1.29, 1.82) is 0 Å². The Bertz CT molecular complexity index is 5500. The molecule has 2 aromatic heterocycles. The highest BCUT2D eigenvalue weighted by Crippen LogP contribution is 2.36. The molecule has 0 bridgehead atoms. The van der Waals surface area contributed by atoms with Gasteiger partial charge in [0.05, 0.1) is 11.0 Å². The molecule has 2 heterocycles. The van der Waals surface area contributed by atoms with Crippen LogP contribution in [0.1, 0.15) is 0 Å². The molecule has 8 heteroatoms. The summed E-state index contributed by atoms with van der Waals surface area (Å²) < 4.78 is 2.31. The summed E-state index contributed by atoms with van der Waals surface area (Å²) >= 11 is 0. The standard InChI is InChI=1S/C105H78N4Si4/c1-14-42-79(43-15-1)80-70-71-102-100(76-80)99-68-40-41-69-101(99)109(102)105-107-103(81-72-95(110(83-44-16-2-17-45-83,84-46-18-3-19-47-84)85-48-20-4-21-49-85)77-96(73-81)111(86-50-22-5-23-51-86,87-52-24-6-25-53-87)88-54-26-7-27-55-88)106-104(108-105)82-74-97(112(89-56-28-8-29-57-89,90-58-30-9-31-59-90)91-60-32-10-33-61-91)78-98(75-82)113(92-62-34-11-35-63-92,93-64-36-12-37-65-93)94-66-38-13-39-67-94/h1-78H. The Morgan fingerprint density at radius 2 is 0.372 bits per heavy atom. The van der Waals surface area contributed by atoms with E-state index in [-0.39, 0.29) is 0 Å². The van der Waals surface area contributed by atoms with Gasteiger partial charge in [-0.15, -0.1) is 0 Å². The lowest BCUT2D eigenvalue weighted by molar-refractivity contribution is 0.954. The monoisotopic (exact) mass is 1510 g/mol. The van der Waals surface area contributed by atoms with Gasteiger partial charge in [-0.3, -0.25) is 4.57 Å². The van der Waals surface area contributed by atoms with Gasteiger partial charge in [-0.05, 0) is 112 Å². The van der Waals surface area contributed by atoms with E-state index in [1.807, 2.05) is 0 Å². The summed E-state index contributed by atoms with van der Waals surface area (Å²) in [6.07, 6.45) is 0. The van der Waals surface area contributed by atoms with Crippen LogP contribution >= 0.6 is 0 Å². The molecule has 4 nitrogen and oxygen atoms in total. The minimum atomic E-state index is -3.42. The number of benzene rings is 17. The highest BCUT2D eigenvalue weighted by atomic mass is 28.3. The number of rotatable bonds is 20. The third-order valence-electron chi connectivity index (χ3n) is 23.2. The topological polar surface area (TPSA) is 43.6 Å². The quantitative estimate of drug-likeness (QED) is 0.0564. The summed E-state index contributed by atoms with van der Waals surface area (Å²) in [5.74, 6) is 1.61. The summed E-state index contributed by atoms with van der Waals surface area (Å²) in [5.41, 5.74) is 6.01. The number of hydrogen-bond donors (Lipinski definition) is 0. The van der Waals surface area contributed by atoms with E-state index in [4.69, 9.17) is 15.0 Å². The van der Waals surface area contributed by atoms with Crippen molar-refractivity contribution in [3.63, 3.8) is 0 Å². The van der Waals surface area contributed by atoms with E-state index in [2.05, 4.69) is 478 Å². The van der Waals surface area contributed by atoms with Crippen LogP contribution in [0.25, 0.3) is 61.7 Å². The molecule has 0 amide bonds. The van der Waals surface area contributed by atoms with Gasteiger partial charge in [0.15, 0.2) is 43.9 Å². The molecular formula is C105H78N4Si4. The van der Waals surface area contributed by atoms with Crippen LogP contribution in [0, 0.1) is 0 Å². The molecule has 0 atom stereocenters. The average molecular weight is 1510 g/mol. The molecule has 0 N–H and O–H groups in total. The first-order valence-corrected chi connectivity index (χ1v) is 46.9. The van der Waals surface area contributed by atoms with Crippen LogP contribution in [-0.2, 0) is 0 Å². The first-order valence-electron chi connectivity index (χ1n) is 38.9. The number of nitrogens with zero attached hydrogens (tertiary/aromatic N) is 4. The lowest BCUT2D eigenvalue weighted by Crippen LogP contribution is -2.78. The van der Waals surface area contributed by atoms with Crippen molar-refractivity contribution in [2.75, 3.05) is 0 Å². The normalized spacial score (nSPS) is 11.9. The van der Waals surface area contributed by atoms with Gasteiger partial charge in [0.1, 0.15) is 0 Å². The maximum absolute atomic E-state index is 6.29. The number of aromatic nitrogens is 4. The second kappa shape index (κ2) is 30.4. The molecule has 0 aliphatic rings. The second-order valence-electron chi connectivity index (χ2n) is 29.2. The minimum absolute atomic E-state index is 0.508. The summed E-state index contributed by atoms with van der Waals surface area (Å²) in [6, 6.07) is 178. The van der Waals surface area contributed by atoms with E-state index in [1.165, 1.54) is 83.0 Å². The summed E-state index contributed by atoms with van der Waals surface area (Å²) in [5, 5.41) is 22.2. The Kier molecular flexibility index (Phi) is 18.8. The fourth-order valence-corrected chi connectivity index (χ4v) is 37.9. The number of fused-ring (bicyclic) bond motifs is 3. The van der Waals surface area contributed by atoms with E-state index >= 15 is 0 Å². The largest absolute Gasteiger partial charge is 0.278 e.